The number of aromatic hydroxyl groups is 1. The van der Waals surface area contributed by atoms with Crippen molar-refractivity contribution >= 4 is 15.9 Å². The second-order valence-corrected chi connectivity index (χ2v) is 21.1. The van der Waals surface area contributed by atoms with E-state index in [1.807, 2.05) is 60.7 Å². The molecule has 0 unspecified atom stereocenters. The van der Waals surface area contributed by atoms with Crippen molar-refractivity contribution in [1.82, 2.24) is 0 Å². The van der Waals surface area contributed by atoms with Crippen molar-refractivity contribution in [2.45, 2.75) is 10.8 Å². The maximum Gasteiger partial charge on any atom is 0.127 e. The summed E-state index contributed by atoms with van der Waals surface area (Å²) >= 11 is 3.54. The lowest BCUT2D eigenvalue weighted by Crippen LogP contribution is -2.28. The smallest absolute Gasteiger partial charge is 0.127 e. The number of hydrogen-bond acceptors (Lipinski definition) is 4. The van der Waals surface area contributed by atoms with Gasteiger partial charge in [0.1, 0.15) is 40.2 Å². The summed E-state index contributed by atoms with van der Waals surface area (Å²) in [5.74, 6) is 4.79. The van der Waals surface area contributed by atoms with Gasteiger partial charge in [0.05, 0.1) is 10.8 Å². The molecule has 5 heteroatoms. The average Bonchev–Trinajstić information content (AvgIpc) is 4.07. The van der Waals surface area contributed by atoms with Crippen molar-refractivity contribution in [3.05, 3.63) is 340 Å². The van der Waals surface area contributed by atoms with Crippen LogP contribution >= 0.6 is 15.9 Å². The Kier molecular flexibility index (Phi) is 11.9. The van der Waals surface area contributed by atoms with Crippen LogP contribution in [0.25, 0.3) is 44.5 Å². The molecular formula is C74H49BrO4. The lowest BCUT2D eigenvalue weighted by atomic mass is 9.68. The highest BCUT2D eigenvalue weighted by molar-refractivity contribution is 9.10. The van der Waals surface area contributed by atoms with Crippen LogP contribution < -0.4 is 14.2 Å². The van der Waals surface area contributed by atoms with Gasteiger partial charge in [0.2, 0.25) is 0 Å². The first-order chi connectivity index (χ1) is 38.9. The topological polar surface area (TPSA) is 47.9 Å². The minimum absolute atomic E-state index is 0.243. The van der Waals surface area contributed by atoms with Crippen molar-refractivity contribution in [3.63, 3.8) is 0 Å². The third kappa shape index (κ3) is 8.30. The van der Waals surface area contributed by atoms with E-state index in [4.69, 9.17) is 14.2 Å². The van der Waals surface area contributed by atoms with Gasteiger partial charge in [0, 0.05) is 4.47 Å². The van der Waals surface area contributed by atoms with Crippen molar-refractivity contribution < 1.29 is 19.3 Å². The van der Waals surface area contributed by atoms with Crippen LogP contribution in [-0.2, 0) is 10.8 Å². The molecule has 0 spiro atoms. The molecule has 0 amide bonds. The van der Waals surface area contributed by atoms with Crippen LogP contribution in [0.1, 0.15) is 44.5 Å². The van der Waals surface area contributed by atoms with Crippen molar-refractivity contribution in [1.29, 1.82) is 0 Å². The number of ether oxygens (including phenoxy) is 3. The standard InChI is InChI=1S/C74H49BrO4/c75-57-33-17-49(18-34-57)50-19-37-59(38-20-50)77-63-45-29-55(30-46-63)74(71-15-7-3-11-67(71)68-12-4-8-16-72(68)74)56-31-47-64(48-32-56)79-61-41-23-52(24-42-61)51-21-39-60(40-22-51)78-62-43-27-54(28-44-62)73(53-25-35-58(76)36-26-53)69-13-5-1-9-65(69)66-10-2-6-14-70(66)73/h1-48,76H. The summed E-state index contributed by atoms with van der Waals surface area (Å²) in [5, 5.41) is 10.3. The minimum atomic E-state index is -0.571. The highest BCUT2D eigenvalue weighted by Gasteiger charge is 2.47. The normalized spacial score (nSPS) is 13.1. The SMILES string of the molecule is Oc1ccc(C2(c3ccc(Oc4ccc(-c5ccc(Oc6ccc(C7(c8ccc(Oc9ccc(-c%10ccc(Br)cc%10)cc9)cc8)c8ccccc8-c8ccccc87)cc6)cc5)cc4)cc3)c3ccccc3-c3ccccc32)cc1. The molecule has 0 aromatic heterocycles. The van der Waals surface area contributed by atoms with Gasteiger partial charge in [-0.3, -0.25) is 0 Å². The van der Waals surface area contributed by atoms with Crippen molar-refractivity contribution in [3.8, 4) is 84.8 Å². The number of fused-ring (bicyclic) bond motifs is 6. The average molecular weight is 1080 g/mol. The molecule has 4 nitrogen and oxygen atoms in total. The quantitative estimate of drug-likeness (QED) is 0.132. The molecule has 0 aliphatic heterocycles. The fourth-order valence-electron chi connectivity index (χ4n) is 12.3. The molecule has 0 radical (unpaired) electrons. The largest absolute Gasteiger partial charge is 0.508 e. The van der Waals surface area contributed by atoms with Gasteiger partial charge in [-0.1, -0.05) is 210 Å². The van der Waals surface area contributed by atoms with E-state index in [1.54, 1.807) is 12.1 Å². The second kappa shape index (κ2) is 19.7. The van der Waals surface area contributed by atoms with E-state index in [1.165, 1.54) is 44.5 Å². The predicted octanol–water partition coefficient (Wildman–Crippen LogP) is 19.6. The first kappa shape index (κ1) is 47.7. The molecule has 0 saturated heterocycles. The van der Waals surface area contributed by atoms with Crippen molar-refractivity contribution in [2.75, 3.05) is 0 Å². The summed E-state index contributed by atoms with van der Waals surface area (Å²) < 4.78 is 20.5. The third-order valence-corrected chi connectivity index (χ3v) is 16.4. The van der Waals surface area contributed by atoms with Gasteiger partial charge in [0.25, 0.3) is 0 Å². The molecule has 0 saturated carbocycles. The van der Waals surface area contributed by atoms with Crippen LogP contribution in [0.4, 0.5) is 0 Å². The van der Waals surface area contributed by atoms with Gasteiger partial charge in [-0.05, 0) is 186 Å². The molecule has 2 aliphatic rings. The maximum atomic E-state index is 10.3. The maximum absolute atomic E-state index is 10.3. The van der Waals surface area contributed by atoms with E-state index in [2.05, 4.69) is 234 Å². The third-order valence-electron chi connectivity index (χ3n) is 15.8. The van der Waals surface area contributed by atoms with Gasteiger partial charge in [-0.25, -0.2) is 0 Å². The highest BCUT2D eigenvalue weighted by Crippen LogP contribution is 2.58. The van der Waals surface area contributed by atoms with Crippen LogP contribution in [-0.4, -0.2) is 5.11 Å². The number of benzene rings is 12. The molecule has 0 bridgehead atoms. The molecule has 79 heavy (non-hydrogen) atoms. The summed E-state index contributed by atoms with van der Waals surface area (Å²) in [6, 6.07) is 101. The van der Waals surface area contributed by atoms with Crippen LogP contribution in [0, 0.1) is 0 Å². The van der Waals surface area contributed by atoms with Gasteiger partial charge >= 0.3 is 0 Å². The molecule has 12 aromatic carbocycles. The molecular weight excluding hydrogens is 1030 g/mol. The zero-order valence-electron chi connectivity index (χ0n) is 42.8. The summed E-state index contributed by atoms with van der Waals surface area (Å²) in [6.45, 7) is 0. The van der Waals surface area contributed by atoms with E-state index >= 15 is 0 Å². The fourth-order valence-corrected chi connectivity index (χ4v) is 12.5. The summed E-state index contributed by atoms with van der Waals surface area (Å²) in [6.07, 6.45) is 0. The fraction of sp³-hybridized carbons (Fsp3) is 0.0270. The number of phenolic OH excluding ortho intramolecular Hbond substituents is 1. The van der Waals surface area contributed by atoms with Gasteiger partial charge in [-0.2, -0.15) is 0 Å². The molecule has 12 aromatic rings. The monoisotopic (exact) mass is 1080 g/mol. The van der Waals surface area contributed by atoms with Gasteiger partial charge in [-0.15, -0.1) is 0 Å². The zero-order chi connectivity index (χ0) is 52.9. The lowest BCUT2D eigenvalue weighted by molar-refractivity contribution is 0.474. The lowest BCUT2D eigenvalue weighted by Gasteiger charge is -2.34. The van der Waals surface area contributed by atoms with Crippen LogP contribution in [0.5, 0.6) is 40.2 Å². The van der Waals surface area contributed by atoms with E-state index in [0.717, 1.165) is 83.5 Å². The first-order valence-electron chi connectivity index (χ1n) is 26.5. The Morgan fingerprint density at radius 3 is 0.722 bits per heavy atom. The summed E-state index contributed by atoms with van der Waals surface area (Å²) in [5.41, 5.74) is 17.6. The van der Waals surface area contributed by atoms with Gasteiger partial charge < -0.3 is 19.3 Å². The predicted molar refractivity (Wildman–Crippen MR) is 321 cm³/mol. The molecule has 1 N–H and O–H groups in total. The van der Waals surface area contributed by atoms with Crippen LogP contribution in [0.15, 0.2) is 296 Å². The molecule has 0 fully saturated rings. The molecule has 0 heterocycles. The second-order valence-electron chi connectivity index (χ2n) is 20.2. The highest BCUT2D eigenvalue weighted by atomic mass is 79.9. The van der Waals surface area contributed by atoms with E-state index in [9.17, 15) is 5.11 Å². The number of hydrogen-bond donors (Lipinski definition) is 1. The Balaban J connectivity index is 0.683. The summed E-state index contributed by atoms with van der Waals surface area (Å²) in [4.78, 5) is 0. The van der Waals surface area contributed by atoms with E-state index in [0.29, 0.717) is 0 Å². The number of halogens is 1. The molecule has 376 valence electrons. The summed E-state index contributed by atoms with van der Waals surface area (Å²) in [7, 11) is 0. The Labute approximate surface area is 468 Å². The van der Waals surface area contributed by atoms with Gasteiger partial charge in [0.15, 0.2) is 0 Å². The molecule has 2 aliphatic carbocycles. The van der Waals surface area contributed by atoms with E-state index < -0.39 is 10.8 Å². The Bertz CT molecular complexity index is 4080. The Hall–Kier alpha value is -9.68. The van der Waals surface area contributed by atoms with Crippen LogP contribution in [0.3, 0.4) is 0 Å². The van der Waals surface area contributed by atoms with Crippen LogP contribution in [0.2, 0.25) is 0 Å². The number of rotatable bonds is 12. The van der Waals surface area contributed by atoms with E-state index in [-0.39, 0.29) is 5.75 Å². The minimum Gasteiger partial charge on any atom is -0.508 e. The Morgan fingerprint density at radius 1 is 0.241 bits per heavy atom. The molecule has 14 rings (SSSR count). The Morgan fingerprint density at radius 2 is 0.456 bits per heavy atom. The number of phenols is 1. The zero-order valence-corrected chi connectivity index (χ0v) is 44.3. The van der Waals surface area contributed by atoms with Crippen molar-refractivity contribution in [2.24, 2.45) is 0 Å². The molecule has 0 atom stereocenters. The first-order valence-corrected chi connectivity index (χ1v) is 27.3.